The molecule has 0 atom stereocenters. The van der Waals surface area contributed by atoms with E-state index in [1.54, 1.807) is 0 Å². The average molecular weight is 236 g/mol. The van der Waals surface area contributed by atoms with E-state index >= 15 is 0 Å². The minimum absolute atomic E-state index is 0.0836. The predicted molar refractivity (Wildman–Crippen MR) is 63.3 cm³/mol. The normalized spacial score (nSPS) is 9.47. The second-order valence-electron chi connectivity index (χ2n) is 3.40. The molecular formula is C12H16N2O3. The van der Waals surface area contributed by atoms with Gasteiger partial charge in [0.05, 0.1) is 6.42 Å². The molecule has 0 unspecified atom stereocenters. The molecule has 0 saturated heterocycles. The Morgan fingerprint density at radius 1 is 1.24 bits per heavy atom. The summed E-state index contributed by atoms with van der Waals surface area (Å²) in [5.41, 5.74) is 0.996. The number of hydrogen-bond donors (Lipinski definition) is 2. The number of rotatable bonds is 5. The summed E-state index contributed by atoms with van der Waals surface area (Å²) in [7, 11) is 1.54. The van der Waals surface area contributed by atoms with Crippen LogP contribution in [0.1, 0.15) is 12.0 Å². The maximum absolute atomic E-state index is 11.2. The maximum atomic E-state index is 11.2. The van der Waals surface area contributed by atoms with Crippen LogP contribution in [0.2, 0.25) is 0 Å². The van der Waals surface area contributed by atoms with Crippen LogP contribution in [0, 0.1) is 0 Å². The summed E-state index contributed by atoms with van der Waals surface area (Å²) in [6.07, 6.45) is -0.340. The number of carbonyl (C=O) groups is 2. The van der Waals surface area contributed by atoms with Gasteiger partial charge in [0.15, 0.2) is 0 Å². The van der Waals surface area contributed by atoms with Gasteiger partial charge in [-0.2, -0.15) is 0 Å². The molecule has 0 spiro atoms. The number of alkyl carbamates (subject to hydrolysis) is 1. The molecule has 1 rings (SSSR count). The number of amides is 2. The molecule has 0 heterocycles. The molecule has 0 aromatic heterocycles. The van der Waals surface area contributed by atoms with Gasteiger partial charge in [-0.25, -0.2) is 4.79 Å². The fourth-order valence-corrected chi connectivity index (χ4v) is 1.18. The van der Waals surface area contributed by atoms with Crippen molar-refractivity contribution >= 4 is 12.0 Å². The van der Waals surface area contributed by atoms with Crippen molar-refractivity contribution < 1.29 is 14.3 Å². The van der Waals surface area contributed by atoms with E-state index in [1.807, 2.05) is 30.3 Å². The lowest BCUT2D eigenvalue weighted by Crippen LogP contribution is -2.26. The molecular weight excluding hydrogens is 220 g/mol. The van der Waals surface area contributed by atoms with Gasteiger partial charge < -0.3 is 15.4 Å². The van der Waals surface area contributed by atoms with Crippen molar-refractivity contribution in [2.45, 2.75) is 13.0 Å². The van der Waals surface area contributed by atoms with Crippen molar-refractivity contribution in [3.63, 3.8) is 0 Å². The molecule has 1 aromatic rings. The smallest absolute Gasteiger partial charge is 0.407 e. The highest BCUT2D eigenvalue weighted by Gasteiger charge is 2.03. The number of carbonyl (C=O) groups excluding carboxylic acids is 2. The monoisotopic (exact) mass is 236 g/mol. The number of nitrogens with one attached hydrogen (secondary N) is 2. The molecule has 0 saturated carbocycles. The van der Waals surface area contributed by atoms with Gasteiger partial charge in [-0.3, -0.25) is 4.79 Å². The summed E-state index contributed by atoms with van der Waals surface area (Å²) in [5.74, 6) is -0.152. The first-order valence-electron chi connectivity index (χ1n) is 5.37. The summed E-state index contributed by atoms with van der Waals surface area (Å²) in [5, 5.41) is 5.04. The van der Waals surface area contributed by atoms with E-state index in [-0.39, 0.29) is 18.9 Å². The Bertz CT molecular complexity index is 365. The Hall–Kier alpha value is -2.04. The molecule has 5 heteroatoms. The third kappa shape index (κ3) is 5.55. The molecule has 0 radical (unpaired) electrons. The SMILES string of the molecule is CNC(=O)CCOC(=O)NCc1ccccc1. The van der Waals surface area contributed by atoms with E-state index in [9.17, 15) is 9.59 Å². The summed E-state index contributed by atoms with van der Waals surface area (Å²) < 4.78 is 4.83. The first-order valence-corrected chi connectivity index (χ1v) is 5.37. The second kappa shape index (κ2) is 7.27. The van der Waals surface area contributed by atoms with E-state index in [0.29, 0.717) is 6.54 Å². The molecule has 5 nitrogen and oxygen atoms in total. The zero-order valence-electron chi connectivity index (χ0n) is 9.73. The minimum Gasteiger partial charge on any atom is -0.449 e. The molecule has 0 bridgehead atoms. The highest BCUT2D eigenvalue weighted by atomic mass is 16.5. The molecule has 2 N–H and O–H groups in total. The van der Waals surface area contributed by atoms with Gasteiger partial charge in [0.25, 0.3) is 0 Å². The highest BCUT2D eigenvalue weighted by Crippen LogP contribution is 1.97. The number of benzene rings is 1. The van der Waals surface area contributed by atoms with Gasteiger partial charge >= 0.3 is 6.09 Å². The molecule has 0 aliphatic heterocycles. The molecule has 0 fully saturated rings. The van der Waals surface area contributed by atoms with Crippen LogP contribution >= 0.6 is 0 Å². The van der Waals surface area contributed by atoms with Crippen molar-refractivity contribution in [3.05, 3.63) is 35.9 Å². The van der Waals surface area contributed by atoms with Crippen LogP contribution in [-0.2, 0) is 16.1 Å². The summed E-state index contributed by atoms with van der Waals surface area (Å²) >= 11 is 0. The summed E-state index contributed by atoms with van der Waals surface area (Å²) in [6, 6.07) is 9.52. The van der Waals surface area contributed by atoms with Crippen molar-refractivity contribution in [3.8, 4) is 0 Å². The van der Waals surface area contributed by atoms with E-state index in [2.05, 4.69) is 10.6 Å². The standard InChI is InChI=1S/C12H16N2O3/c1-13-11(15)7-8-17-12(16)14-9-10-5-3-2-4-6-10/h2-6H,7-9H2,1H3,(H,13,15)(H,14,16). The van der Waals surface area contributed by atoms with Gasteiger partial charge in [0.2, 0.25) is 5.91 Å². The van der Waals surface area contributed by atoms with E-state index in [1.165, 1.54) is 7.05 Å². The Morgan fingerprint density at radius 2 is 1.94 bits per heavy atom. The molecule has 2 amide bonds. The zero-order valence-corrected chi connectivity index (χ0v) is 9.73. The molecule has 92 valence electrons. The first-order chi connectivity index (χ1) is 8.22. The third-order valence-corrected chi connectivity index (χ3v) is 2.12. The van der Waals surface area contributed by atoms with Crippen molar-refractivity contribution in [1.29, 1.82) is 0 Å². The summed E-state index contributed by atoms with van der Waals surface area (Å²) in [4.78, 5) is 22.1. The van der Waals surface area contributed by atoms with Crippen LogP contribution in [0.3, 0.4) is 0 Å². The Balaban J connectivity index is 2.16. The van der Waals surface area contributed by atoms with Crippen molar-refractivity contribution in [1.82, 2.24) is 10.6 Å². The number of hydrogen-bond acceptors (Lipinski definition) is 3. The largest absolute Gasteiger partial charge is 0.449 e. The van der Waals surface area contributed by atoms with Gasteiger partial charge in [0, 0.05) is 13.6 Å². The van der Waals surface area contributed by atoms with E-state index in [4.69, 9.17) is 4.74 Å². The van der Waals surface area contributed by atoms with E-state index < -0.39 is 6.09 Å². The topological polar surface area (TPSA) is 67.4 Å². The Labute approximate surface area is 100 Å². The fraction of sp³-hybridized carbons (Fsp3) is 0.333. The van der Waals surface area contributed by atoms with Crippen LogP contribution in [-0.4, -0.2) is 25.7 Å². The van der Waals surface area contributed by atoms with Gasteiger partial charge in [-0.05, 0) is 5.56 Å². The van der Waals surface area contributed by atoms with Gasteiger partial charge in [-0.15, -0.1) is 0 Å². The average Bonchev–Trinajstić information content (AvgIpc) is 2.37. The molecule has 17 heavy (non-hydrogen) atoms. The van der Waals surface area contributed by atoms with Crippen molar-refractivity contribution in [2.75, 3.05) is 13.7 Å². The van der Waals surface area contributed by atoms with Gasteiger partial charge in [-0.1, -0.05) is 30.3 Å². The lowest BCUT2D eigenvalue weighted by atomic mass is 10.2. The minimum atomic E-state index is -0.516. The second-order valence-corrected chi connectivity index (χ2v) is 3.40. The molecule has 0 aliphatic rings. The van der Waals surface area contributed by atoms with Crippen LogP contribution < -0.4 is 10.6 Å². The van der Waals surface area contributed by atoms with Crippen LogP contribution in [0.5, 0.6) is 0 Å². The predicted octanol–water partition coefficient (Wildman–Crippen LogP) is 1.05. The highest BCUT2D eigenvalue weighted by molar-refractivity contribution is 5.76. The lowest BCUT2D eigenvalue weighted by Gasteiger charge is -2.06. The third-order valence-electron chi connectivity index (χ3n) is 2.12. The zero-order chi connectivity index (χ0) is 12.5. The van der Waals surface area contributed by atoms with Crippen LogP contribution in [0.4, 0.5) is 4.79 Å². The first kappa shape index (κ1) is 13.0. The Kier molecular flexibility index (Phi) is 5.57. The van der Waals surface area contributed by atoms with Crippen LogP contribution in [0.15, 0.2) is 30.3 Å². The Morgan fingerprint density at radius 3 is 2.59 bits per heavy atom. The maximum Gasteiger partial charge on any atom is 0.407 e. The quantitative estimate of drug-likeness (QED) is 0.803. The lowest BCUT2D eigenvalue weighted by molar-refractivity contribution is -0.121. The van der Waals surface area contributed by atoms with Crippen LogP contribution in [0.25, 0.3) is 0 Å². The van der Waals surface area contributed by atoms with Gasteiger partial charge in [0.1, 0.15) is 6.61 Å². The summed E-state index contributed by atoms with van der Waals surface area (Å²) in [6.45, 7) is 0.500. The van der Waals surface area contributed by atoms with E-state index in [0.717, 1.165) is 5.56 Å². The number of ether oxygens (including phenoxy) is 1. The van der Waals surface area contributed by atoms with Crippen molar-refractivity contribution in [2.24, 2.45) is 0 Å². The molecule has 1 aromatic carbocycles. The molecule has 0 aliphatic carbocycles. The fourth-order valence-electron chi connectivity index (χ4n) is 1.18.